The minimum Gasteiger partial charge on any atom is -0.491 e. The number of carbonyl (C=O) groups excluding carboxylic acids is 1. The van der Waals surface area contributed by atoms with Gasteiger partial charge >= 0.3 is 0 Å². The van der Waals surface area contributed by atoms with Crippen LogP contribution in [-0.2, 0) is 4.79 Å². The Labute approximate surface area is 160 Å². The van der Waals surface area contributed by atoms with Gasteiger partial charge in [-0.2, -0.15) is 0 Å². The Morgan fingerprint density at radius 2 is 2.00 bits per heavy atom. The van der Waals surface area contributed by atoms with Crippen LogP contribution in [0.15, 0.2) is 18.2 Å². The van der Waals surface area contributed by atoms with Gasteiger partial charge in [-0.05, 0) is 49.5 Å². The summed E-state index contributed by atoms with van der Waals surface area (Å²) in [4.78, 5) is 16.8. The zero-order valence-electron chi connectivity index (χ0n) is 15.5. The summed E-state index contributed by atoms with van der Waals surface area (Å²) < 4.78 is 10.9. The van der Waals surface area contributed by atoms with Crippen LogP contribution in [0.2, 0.25) is 5.02 Å². The molecule has 0 spiro atoms. The van der Waals surface area contributed by atoms with Crippen LogP contribution in [0.25, 0.3) is 6.08 Å². The van der Waals surface area contributed by atoms with Gasteiger partial charge < -0.3 is 14.4 Å². The Balaban J connectivity index is 1.59. The number of halogens is 1. The quantitative estimate of drug-likeness (QED) is 0.682. The lowest BCUT2D eigenvalue weighted by Crippen LogP contribution is -2.48. The van der Waals surface area contributed by atoms with Crippen LogP contribution in [0.4, 0.5) is 0 Å². The Bertz CT molecular complexity index is 665. The Kier molecular flexibility index (Phi) is 6.43. The van der Waals surface area contributed by atoms with Crippen LogP contribution in [0, 0.1) is 5.92 Å². The Morgan fingerprint density at radius 1 is 1.27 bits per heavy atom. The van der Waals surface area contributed by atoms with E-state index >= 15 is 0 Å². The third-order valence-corrected chi connectivity index (χ3v) is 5.13. The summed E-state index contributed by atoms with van der Waals surface area (Å²) in [6, 6.07) is 3.62. The highest BCUT2D eigenvalue weighted by molar-refractivity contribution is 6.32. The largest absolute Gasteiger partial charge is 0.491 e. The van der Waals surface area contributed by atoms with Crippen molar-refractivity contribution in [2.24, 2.45) is 5.92 Å². The van der Waals surface area contributed by atoms with Crippen molar-refractivity contribution in [3.8, 4) is 11.5 Å². The van der Waals surface area contributed by atoms with Crippen LogP contribution in [0.5, 0.6) is 11.5 Å². The maximum Gasteiger partial charge on any atom is 0.246 e. The second kappa shape index (κ2) is 8.78. The minimum atomic E-state index is 0.0426. The van der Waals surface area contributed by atoms with E-state index in [0.29, 0.717) is 23.1 Å². The molecule has 1 amide bonds. The van der Waals surface area contributed by atoms with Gasteiger partial charge in [0.2, 0.25) is 5.91 Å². The molecule has 1 aliphatic heterocycles. The molecule has 5 nitrogen and oxygen atoms in total. The molecule has 26 heavy (non-hydrogen) atoms. The summed E-state index contributed by atoms with van der Waals surface area (Å²) in [6.45, 7) is 7.15. The fraction of sp³-hybridized carbons (Fsp3) is 0.550. The van der Waals surface area contributed by atoms with Crippen molar-refractivity contribution in [1.29, 1.82) is 0 Å². The molecule has 0 atom stereocenters. The molecular weight excluding hydrogens is 352 g/mol. The molecule has 0 unspecified atom stereocenters. The summed E-state index contributed by atoms with van der Waals surface area (Å²) in [6.07, 6.45) is 6.14. The summed E-state index contributed by atoms with van der Waals surface area (Å²) in [5.74, 6) is 2.05. The maximum atomic E-state index is 12.5. The van der Waals surface area contributed by atoms with E-state index < -0.39 is 0 Å². The number of rotatable bonds is 7. The number of piperazine rings is 1. The lowest BCUT2D eigenvalue weighted by Gasteiger charge is -2.34. The molecule has 1 saturated heterocycles. The van der Waals surface area contributed by atoms with Crippen LogP contribution < -0.4 is 9.47 Å². The molecule has 2 aliphatic rings. The van der Waals surface area contributed by atoms with Crippen molar-refractivity contribution >= 4 is 23.6 Å². The predicted octanol–water partition coefficient (Wildman–Crippen LogP) is 3.31. The molecule has 1 aromatic carbocycles. The van der Waals surface area contributed by atoms with E-state index in [2.05, 4.69) is 4.90 Å². The summed E-state index contributed by atoms with van der Waals surface area (Å²) in [7, 11) is 1.56. The monoisotopic (exact) mass is 378 g/mol. The van der Waals surface area contributed by atoms with Crippen LogP contribution in [0.1, 0.15) is 25.3 Å². The van der Waals surface area contributed by atoms with Gasteiger partial charge in [-0.1, -0.05) is 11.6 Å². The van der Waals surface area contributed by atoms with Crippen molar-refractivity contribution in [1.82, 2.24) is 9.80 Å². The van der Waals surface area contributed by atoms with Crippen LogP contribution in [0.3, 0.4) is 0 Å². The predicted molar refractivity (Wildman–Crippen MR) is 104 cm³/mol. The topological polar surface area (TPSA) is 42.0 Å². The number of hydrogen-bond acceptors (Lipinski definition) is 4. The van der Waals surface area contributed by atoms with Gasteiger partial charge in [-0.3, -0.25) is 9.69 Å². The molecule has 1 aromatic rings. The molecule has 1 aliphatic carbocycles. The third-order valence-electron chi connectivity index (χ3n) is 4.85. The molecule has 2 fully saturated rings. The van der Waals surface area contributed by atoms with Gasteiger partial charge in [-0.25, -0.2) is 0 Å². The van der Waals surface area contributed by atoms with Gasteiger partial charge in [-0.15, -0.1) is 0 Å². The molecular formula is C20H27ClN2O3. The fourth-order valence-electron chi connectivity index (χ4n) is 3.23. The number of ether oxygens (including phenoxy) is 2. The van der Waals surface area contributed by atoms with Crippen molar-refractivity contribution < 1.29 is 14.3 Å². The lowest BCUT2D eigenvalue weighted by molar-refractivity contribution is -0.127. The molecule has 0 bridgehead atoms. The first-order valence-electron chi connectivity index (χ1n) is 9.30. The van der Waals surface area contributed by atoms with Crippen molar-refractivity contribution in [3.05, 3.63) is 28.8 Å². The normalized spacial score (nSPS) is 18.3. The SMILES string of the molecule is CCOc1cc(/C=C/C(=O)N2CCN(CC3CC3)CC2)cc(Cl)c1OC. The molecule has 1 heterocycles. The van der Waals surface area contributed by atoms with Crippen molar-refractivity contribution in [2.75, 3.05) is 46.4 Å². The summed E-state index contributed by atoms with van der Waals surface area (Å²) in [5, 5.41) is 0.472. The number of benzene rings is 1. The second-order valence-electron chi connectivity index (χ2n) is 6.87. The van der Waals surface area contributed by atoms with Gasteiger partial charge in [0, 0.05) is 38.8 Å². The molecule has 3 rings (SSSR count). The van der Waals surface area contributed by atoms with E-state index in [4.69, 9.17) is 21.1 Å². The van der Waals surface area contributed by atoms with Crippen LogP contribution >= 0.6 is 11.6 Å². The molecule has 6 heteroatoms. The van der Waals surface area contributed by atoms with E-state index in [-0.39, 0.29) is 5.91 Å². The maximum absolute atomic E-state index is 12.5. The standard InChI is InChI=1S/C20H27ClN2O3/c1-3-26-18-13-16(12-17(21)20(18)25-2)6-7-19(24)23-10-8-22(9-11-23)14-15-4-5-15/h6-7,12-13,15H,3-5,8-11,14H2,1-2H3/b7-6+. The number of methoxy groups -OCH3 is 1. The van der Waals surface area contributed by atoms with Crippen molar-refractivity contribution in [3.63, 3.8) is 0 Å². The second-order valence-corrected chi connectivity index (χ2v) is 7.28. The molecule has 0 radical (unpaired) electrons. The molecule has 0 N–H and O–H groups in total. The van der Waals surface area contributed by atoms with Crippen LogP contribution in [-0.4, -0.2) is 62.1 Å². The lowest BCUT2D eigenvalue weighted by atomic mass is 10.1. The van der Waals surface area contributed by atoms with E-state index in [1.54, 1.807) is 25.3 Å². The van der Waals surface area contributed by atoms with Gasteiger partial charge in [0.15, 0.2) is 11.5 Å². The number of carbonyl (C=O) groups is 1. The number of hydrogen-bond donors (Lipinski definition) is 0. The number of nitrogens with zero attached hydrogens (tertiary/aromatic N) is 2. The Morgan fingerprint density at radius 3 is 2.62 bits per heavy atom. The molecule has 142 valence electrons. The fourth-order valence-corrected chi connectivity index (χ4v) is 3.53. The van der Waals surface area contributed by atoms with Gasteiger partial charge in [0.1, 0.15) is 0 Å². The first-order chi connectivity index (χ1) is 12.6. The number of amides is 1. The summed E-state index contributed by atoms with van der Waals surface area (Å²) >= 11 is 6.26. The average molecular weight is 379 g/mol. The molecule has 1 saturated carbocycles. The summed E-state index contributed by atoms with van der Waals surface area (Å²) in [5.41, 5.74) is 0.819. The zero-order valence-corrected chi connectivity index (χ0v) is 16.3. The Hall–Kier alpha value is -1.72. The molecule has 0 aromatic heterocycles. The first-order valence-corrected chi connectivity index (χ1v) is 9.68. The first kappa shape index (κ1) is 19.1. The highest BCUT2D eigenvalue weighted by Gasteiger charge is 2.27. The highest BCUT2D eigenvalue weighted by Crippen LogP contribution is 2.36. The van der Waals surface area contributed by atoms with Crippen molar-refractivity contribution in [2.45, 2.75) is 19.8 Å². The third kappa shape index (κ3) is 4.92. The minimum absolute atomic E-state index is 0.0426. The smallest absolute Gasteiger partial charge is 0.246 e. The zero-order chi connectivity index (χ0) is 18.5. The van der Waals surface area contributed by atoms with E-state index in [1.165, 1.54) is 19.4 Å². The average Bonchev–Trinajstić information content (AvgIpc) is 3.44. The van der Waals surface area contributed by atoms with Gasteiger partial charge in [0.25, 0.3) is 0 Å². The van der Waals surface area contributed by atoms with E-state index in [0.717, 1.165) is 37.7 Å². The highest BCUT2D eigenvalue weighted by atomic mass is 35.5. The van der Waals surface area contributed by atoms with Gasteiger partial charge in [0.05, 0.1) is 18.7 Å². The van der Waals surface area contributed by atoms with E-state index in [1.807, 2.05) is 17.9 Å². The van der Waals surface area contributed by atoms with E-state index in [9.17, 15) is 4.79 Å².